The Balaban J connectivity index is 1.06. The molecule has 1 saturated heterocycles. The van der Waals surface area contributed by atoms with E-state index in [-0.39, 0.29) is 23.1 Å². The predicted octanol–water partition coefficient (Wildman–Crippen LogP) is 4.67. The van der Waals surface area contributed by atoms with Crippen LogP contribution in [0.15, 0.2) is 60.9 Å². The zero-order valence-electron chi connectivity index (χ0n) is 18.9. The Hall–Kier alpha value is -3.52. The van der Waals surface area contributed by atoms with Crippen molar-refractivity contribution in [2.24, 2.45) is 11.3 Å². The van der Waals surface area contributed by atoms with Crippen molar-refractivity contribution in [2.75, 3.05) is 18.4 Å². The van der Waals surface area contributed by atoms with Gasteiger partial charge in [-0.2, -0.15) is 5.10 Å². The van der Waals surface area contributed by atoms with E-state index in [0.717, 1.165) is 45.9 Å². The minimum absolute atomic E-state index is 0.00513. The number of hydrogen-bond acceptors (Lipinski definition) is 5. The van der Waals surface area contributed by atoms with E-state index in [1.807, 2.05) is 60.4 Å². The summed E-state index contributed by atoms with van der Waals surface area (Å²) < 4.78 is 2.86. The van der Waals surface area contributed by atoms with E-state index in [1.54, 1.807) is 28.4 Å². The topological polar surface area (TPSA) is 80.1 Å². The summed E-state index contributed by atoms with van der Waals surface area (Å²) in [5.41, 5.74) is 3.27. The van der Waals surface area contributed by atoms with Crippen LogP contribution in [0.3, 0.4) is 0 Å². The van der Waals surface area contributed by atoms with Crippen LogP contribution in [0.4, 0.5) is 5.69 Å². The average Bonchev–Trinajstić information content (AvgIpc) is 3.18. The average molecular weight is 472 g/mol. The molecule has 0 unspecified atom stereocenters. The molecule has 7 nitrogen and oxygen atoms in total. The van der Waals surface area contributed by atoms with Gasteiger partial charge in [0.2, 0.25) is 5.91 Å². The van der Waals surface area contributed by atoms with E-state index in [0.29, 0.717) is 18.7 Å². The van der Waals surface area contributed by atoms with Gasteiger partial charge in [-0.1, -0.05) is 18.2 Å². The number of piperidine rings is 1. The standard InChI is InChI=1S/C26H25N5O2S/c1-17-28-22-13-19(7-8-23(22)34-17)29-24(32)21-14-26(21)9-11-30(12-10-26)25(33)18-15-27-31(16-18)20-5-3-2-4-6-20/h2-8,13,15-16,21H,9-12,14H2,1H3,(H,29,32)/t21-/m0/s1. The molecule has 0 bridgehead atoms. The Morgan fingerprint density at radius 3 is 2.71 bits per heavy atom. The third kappa shape index (κ3) is 3.77. The lowest BCUT2D eigenvalue weighted by atomic mass is 9.90. The molecule has 1 spiro atoms. The molecule has 34 heavy (non-hydrogen) atoms. The summed E-state index contributed by atoms with van der Waals surface area (Å²) in [5, 5.41) is 8.46. The van der Waals surface area contributed by atoms with E-state index in [2.05, 4.69) is 15.4 Å². The third-order valence-electron chi connectivity index (χ3n) is 7.16. The van der Waals surface area contributed by atoms with Gasteiger partial charge in [-0.25, -0.2) is 9.67 Å². The third-order valence-corrected chi connectivity index (χ3v) is 8.12. The smallest absolute Gasteiger partial charge is 0.257 e. The van der Waals surface area contributed by atoms with Crippen molar-refractivity contribution in [1.82, 2.24) is 19.7 Å². The number of benzene rings is 2. The van der Waals surface area contributed by atoms with Gasteiger partial charge in [0.1, 0.15) is 0 Å². The Bertz CT molecular complexity index is 1380. The molecule has 3 heterocycles. The molecule has 2 fully saturated rings. The molecule has 0 radical (unpaired) electrons. The summed E-state index contributed by atoms with van der Waals surface area (Å²) in [4.78, 5) is 32.4. The van der Waals surface area contributed by atoms with Crippen molar-refractivity contribution in [2.45, 2.75) is 26.2 Å². The number of thiazole rings is 1. The van der Waals surface area contributed by atoms with E-state index >= 15 is 0 Å². The number of hydrogen-bond donors (Lipinski definition) is 1. The van der Waals surface area contributed by atoms with Crippen LogP contribution < -0.4 is 5.32 Å². The first-order chi connectivity index (χ1) is 16.5. The first-order valence-corrected chi connectivity index (χ1v) is 12.4. The number of nitrogens with one attached hydrogen (secondary N) is 1. The molecular weight excluding hydrogens is 446 g/mol. The van der Waals surface area contributed by atoms with Crippen LogP contribution >= 0.6 is 11.3 Å². The fourth-order valence-electron chi connectivity index (χ4n) is 5.11. The molecule has 2 aromatic carbocycles. The van der Waals surface area contributed by atoms with Crippen LogP contribution in [-0.2, 0) is 4.79 Å². The SMILES string of the molecule is Cc1nc2cc(NC(=O)[C@@H]3CC34CCN(C(=O)c3cnn(-c5ccccc5)c3)CC4)ccc2s1. The van der Waals surface area contributed by atoms with Crippen molar-refractivity contribution in [1.29, 1.82) is 0 Å². The van der Waals surface area contributed by atoms with Gasteiger partial charge < -0.3 is 10.2 Å². The van der Waals surface area contributed by atoms with Crippen LogP contribution in [0.1, 0.15) is 34.6 Å². The van der Waals surface area contributed by atoms with Crippen molar-refractivity contribution >= 4 is 39.1 Å². The van der Waals surface area contributed by atoms with Crippen molar-refractivity contribution < 1.29 is 9.59 Å². The van der Waals surface area contributed by atoms with Gasteiger partial charge in [-0.15, -0.1) is 11.3 Å². The maximum Gasteiger partial charge on any atom is 0.257 e. The minimum atomic E-state index is 0.00513. The van der Waals surface area contributed by atoms with Gasteiger partial charge in [0, 0.05) is 30.9 Å². The molecule has 4 aromatic rings. The monoisotopic (exact) mass is 471 g/mol. The zero-order valence-corrected chi connectivity index (χ0v) is 19.7. The number of carbonyl (C=O) groups excluding carboxylic acids is 2. The second kappa shape index (κ2) is 8.06. The highest BCUT2D eigenvalue weighted by molar-refractivity contribution is 7.18. The summed E-state index contributed by atoms with van der Waals surface area (Å²) in [6.07, 6.45) is 6.02. The lowest BCUT2D eigenvalue weighted by Gasteiger charge is -2.32. The maximum atomic E-state index is 13.0. The molecule has 8 heteroatoms. The summed E-state index contributed by atoms with van der Waals surface area (Å²) >= 11 is 1.66. The van der Waals surface area contributed by atoms with Crippen LogP contribution in [-0.4, -0.2) is 44.6 Å². The normalized spacial score (nSPS) is 18.9. The summed E-state index contributed by atoms with van der Waals surface area (Å²) in [5.74, 6) is 0.0965. The molecule has 2 aromatic heterocycles. The summed E-state index contributed by atoms with van der Waals surface area (Å²) in [7, 11) is 0. The first-order valence-electron chi connectivity index (χ1n) is 11.6. The van der Waals surface area contributed by atoms with Gasteiger partial charge in [0.05, 0.1) is 32.7 Å². The molecule has 1 N–H and O–H groups in total. The number of fused-ring (bicyclic) bond motifs is 1. The lowest BCUT2D eigenvalue weighted by molar-refractivity contribution is -0.118. The van der Waals surface area contributed by atoms with E-state index in [4.69, 9.17) is 0 Å². The molecule has 1 saturated carbocycles. The molecule has 1 atom stereocenters. The minimum Gasteiger partial charge on any atom is -0.339 e. The largest absolute Gasteiger partial charge is 0.339 e. The highest BCUT2D eigenvalue weighted by Gasteiger charge is 2.58. The zero-order chi connectivity index (χ0) is 23.3. The molecule has 1 aliphatic carbocycles. The van der Waals surface area contributed by atoms with Crippen molar-refractivity contribution in [3.05, 3.63) is 71.5 Å². The van der Waals surface area contributed by atoms with Crippen LogP contribution in [0.25, 0.3) is 15.9 Å². The number of rotatable bonds is 4. The summed E-state index contributed by atoms with van der Waals surface area (Å²) in [6.45, 7) is 3.33. The molecule has 2 amide bonds. The number of anilines is 1. The molecular formula is C26H25N5O2S. The molecule has 2 aliphatic rings. The van der Waals surface area contributed by atoms with E-state index in [9.17, 15) is 9.59 Å². The molecule has 1 aliphatic heterocycles. The van der Waals surface area contributed by atoms with Gasteiger partial charge >= 0.3 is 0 Å². The van der Waals surface area contributed by atoms with Crippen molar-refractivity contribution in [3.8, 4) is 5.69 Å². The van der Waals surface area contributed by atoms with Crippen LogP contribution in [0.2, 0.25) is 0 Å². The number of aryl methyl sites for hydroxylation is 1. The highest BCUT2D eigenvalue weighted by atomic mass is 32.1. The van der Waals surface area contributed by atoms with Gasteiger partial charge in [-0.05, 0) is 61.9 Å². The molecule has 172 valence electrons. The summed E-state index contributed by atoms with van der Waals surface area (Å²) in [6, 6.07) is 15.7. The van der Waals surface area contributed by atoms with Gasteiger partial charge in [0.25, 0.3) is 5.91 Å². The first kappa shape index (κ1) is 21.0. The fourth-order valence-corrected chi connectivity index (χ4v) is 5.92. The fraction of sp³-hybridized carbons (Fsp3) is 0.308. The Kier molecular flexibility index (Phi) is 4.99. The highest BCUT2D eigenvalue weighted by Crippen LogP contribution is 2.59. The van der Waals surface area contributed by atoms with Gasteiger partial charge in [-0.3, -0.25) is 9.59 Å². The predicted molar refractivity (Wildman–Crippen MR) is 132 cm³/mol. The van der Waals surface area contributed by atoms with E-state index in [1.165, 1.54) is 0 Å². The number of amides is 2. The Morgan fingerprint density at radius 1 is 1.12 bits per heavy atom. The second-order valence-corrected chi connectivity index (χ2v) is 10.6. The maximum absolute atomic E-state index is 13.0. The number of para-hydroxylation sites is 1. The van der Waals surface area contributed by atoms with Crippen LogP contribution in [0, 0.1) is 18.3 Å². The molecule has 6 rings (SSSR count). The Labute approximate surface area is 201 Å². The number of nitrogens with zero attached hydrogens (tertiary/aromatic N) is 4. The number of aromatic nitrogens is 3. The van der Waals surface area contributed by atoms with Gasteiger partial charge in [0.15, 0.2) is 0 Å². The quantitative estimate of drug-likeness (QED) is 0.469. The number of likely N-dealkylation sites (tertiary alicyclic amines) is 1. The second-order valence-electron chi connectivity index (χ2n) is 9.33. The van der Waals surface area contributed by atoms with Crippen LogP contribution in [0.5, 0.6) is 0 Å². The van der Waals surface area contributed by atoms with E-state index < -0.39 is 0 Å². The number of carbonyl (C=O) groups is 2. The Morgan fingerprint density at radius 2 is 1.91 bits per heavy atom. The lowest BCUT2D eigenvalue weighted by Crippen LogP contribution is -2.40. The van der Waals surface area contributed by atoms with Crippen molar-refractivity contribution in [3.63, 3.8) is 0 Å².